The van der Waals surface area contributed by atoms with Crippen LogP contribution in [-0.4, -0.2) is 84.8 Å². The summed E-state index contributed by atoms with van der Waals surface area (Å²) in [5.41, 5.74) is 13.2. The van der Waals surface area contributed by atoms with Gasteiger partial charge in [-0.3, -0.25) is 14.5 Å². The maximum absolute atomic E-state index is 12.9. The van der Waals surface area contributed by atoms with Crippen molar-refractivity contribution in [2.45, 2.75) is 15.8 Å². The number of fused-ring (bicyclic) bond motifs is 1. The van der Waals surface area contributed by atoms with Crippen molar-refractivity contribution in [1.29, 1.82) is 0 Å². The van der Waals surface area contributed by atoms with E-state index in [9.17, 15) is 19.5 Å². The van der Waals surface area contributed by atoms with Crippen LogP contribution >= 0.6 is 46.2 Å². The first kappa shape index (κ1) is 24.4. The fourth-order valence-corrected chi connectivity index (χ4v) is 6.66. The molecule has 2 amide bonds. The fraction of sp³-hybridized carbons (Fsp3) is 0.353. The molecule has 4 rings (SSSR count). The van der Waals surface area contributed by atoms with Crippen molar-refractivity contribution in [3.8, 4) is 0 Å². The highest BCUT2D eigenvalue weighted by atomic mass is 32.2. The highest BCUT2D eigenvalue weighted by Crippen LogP contribution is 2.41. The van der Waals surface area contributed by atoms with Crippen LogP contribution in [0.3, 0.4) is 0 Å². The standard InChI is InChI=1S/C17H18N8O5S4/c18-1-2-30-24-9(8-5-32-16(19)21-8)12(26)22-10-13(27)25-11(15(28)29)7(3-31-14(10)25)4-33-17-23-20-6-34-17/h5-6,10,14H,1-4,18H2,(H2,19,21)(H,22,26)(H,28,29)/b24-9-/t10?,14-/m1/s1. The maximum Gasteiger partial charge on any atom is 0.352 e. The van der Waals surface area contributed by atoms with Gasteiger partial charge in [0.25, 0.3) is 11.8 Å². The number of aliphatic carboxylic acids is 1. The zero-order chi connectivity index (χ0) is 24.2. The smallest absolute Gasteiger partial charge is 0.352 e. The Morgan fingerprint density at radius 2 is 2.24 bits per heavy atom. The Kier molecular flexibility index (Phi) is 7.67. The number of amides is 2. The third-order valence-electron chi connectivity index (χ3n) is 4.59. The summed E-state index contributed by atoms with van der Waals surface area (Å²) in [5.74, 6) is -1.68. The maximum atomic E-state index is 12.9. The molecule has 0 radical (unpaired) electrons. The van der Waals surface area contributed by atoms with Gasteiger partial charge in [0.15, 0.2) is 15.2 Å². The van der Waals surface area contributed by atoms with Crippen molar-refractivity contribution >= 4 is 74.8 Å². The van der Waals surface area contributed by atoms with Gasteiger partial charge in [-0.1, -0.05) is 28.3 Å². The monoisotopic (exact) mass is 542 g/mol. The van der Waals surface area contributed by atoms with Crippen LogP contribution in [-0.2, 0) is 19.2 Å². The van der Waals surface area contributed by atoms with Gasteiger partial charge in [0.05, 0.1) is 0 Å². The van der Waals surface area contributed by atoms with Crippen molar-refractivity contribution in [1.82, 2.24) is 25.4 Å². The van der Waals surface area contributed by atoms with Crippen molar-refractivity contribution in [2.75, 3.05) is 30.4 Å². The number of β-lactam (4-membered cyclic amide) rings is 1. The number of nitrogens with two attached hydrogens (primary N) is 2. The lowest BCUT2D eigenvalue weighted by atomic mass is 10.0. The number of hydrogen-bond donors (Lipinski definition) is 4. The highest BCUT2D eigenvalue weighted by molar-refractivity contribution is 8.01. The van der Waals surface area contributed by atoms with E-state index in [2.05, 4.69) is 25.7 Å². The van der Waals surface area contributed by atoms with Gasteiger partial charge in [-0.15, -0.1) is 33.3 Å². The first-order valence-electron chi connectivity index (χ1n) is 9.62. The molecule has 17 heteroatoms. The molecule has 0 aromatic carbocycles. The van der Waals surface area contributed by atoms with Gasteiger partial charge in [0.2, 0.25) is 0 Å². The first-order chi connectivity index (χ1) is 16.4. The Morgan fingerprint density at radius 3 is 2.88 bits per heavy atom. The molecule has 2 aliphatic rings. The molecule has 1 saturated heterocycles. The van der Waals surface area contributed by atoms with Gasteiger partial charge in [-0.25, -0.2) is 9.78 Å². The van der Waals surface area contributed by atoms with E-state index in [1.54, 1.807) is 5.51 Å². The topological polar surface area (TPSA) is 199 Å². The SMILES string of the molecule is NCCO/N=C(\C(=O)NC1C(=O)N2C(C(=O)O)=C(CSc3nncs3)CS[C@H]12)c1csc(N)n1. The molecule has 0 aliphatic carbocycles. The number of carbonyl (C=O) groups excluding carboxylic acids is 2. The first-order valence-corrected chi connectivity index (χ1v) is 13.4. The zero-order valence-electron chi connectivity index (χ0n) is 17.2. The van der Waals surface area contributed by atoms with Gasteiger partial charge in [0, 0.05) is 23.4 Å². The average Bonchev–Trinajstić information content (AvgIpc) is 3.49. The lowest BCUT2D eigenvalue weighted by molar-refractivity contribution is -0.150. The molecule has 13 nitrogen and oxygen atoms in total. The number of carboxylic acid groups (broad SMARTS) is 1. The number of carboxylic acids is 1. The van der Waals surface area contributed by atoms with E-state index in [0.29, 0.717) is 21.4 Å². The molecule has 1 fully saturated rings. The summed E-state index contributed by atoms with van der Waals surface area (Å²) < 4.78 is 0.704. The summed E-state index contributed by atoms with van der Waals surface area (Å²) >= 11 is 5.19. The lowest BCUT2D eigenvalue weighted by Gasteiger charge is -2.49. The molecular formula is C17H18N8O5S4. The number of oxime groups is 1. The number of aromatic nitrogens is 3. The van der Waals surface area contributed by atoms with Crippen molar-refractivity contribution < 1.29 is 24.3 Å². The Morgan fingerprint density at radius 1 is 1.41 bits per heavy atom. The van der Waals surface area contributed by atoms with Crippen LogP contribution in [0.2, 0.25) is 0 Å². The summed E-state index contributed by atoms with van der Waals surface area (Å²) in [6, 6.07) is -0.931. The normalized spacial score (nSPS) is 20.1. The van der Waals surface area contributed by atoms with Crippen molar-refractivity contribution in [3.05, 3.63) is 27.9 Å². The Bertz CT molecular complexity index is 1150. The van der Waals surface area contributed by atoms with Crippen LogP contribution in [0, 0.1) is 0 Å². The van der Waals surface area contributed by atoms with E-state index in [0.717, 1.165) is 11.3 Å². The summed E-state index contributed by atoms with van der Waals surface area (Å²) in [6.07, 6.45) is 0. The second kappa shape index (κ2) is 10.7. The number of nitrogens with zero attached hydrogens (tertiary/aromatic N) is 5. The summed E-state index contributed by atoms with van der Waals surface area (Å²) in [7, 11) is 0. The lowest BCUT2D eigenvalue weighted by Crippen LogP contribution is -2.71. The van der Waals surface area contributed by atoms with Crippen LogP contribution < -0.4 is 16.8 Å². The number of nitrogens with one attached hydrogen (secondary N) is 1. The molecule has 0 spiro atoms. The minimum atomic E-state index is -1.20. The third-order valence-corrected chi connectivity index (χ3v) is 8.55. The molecule has 2 aromatic rings. The van der Waals surface area contributed by atoms with E-state index in [4.69, 9.17) is 16.3 Å². The highest BCUT2D eigenvalue weighted by Gasteiger charge is 2.54. The second-order valence-corrected chi connectivity index (χ2v) is 10.8. The molecule has 34 heavy (non-hydrogen) atoms. The second-order valence-electron chi connectivity index (χ2n) is 6.74. The predicted molar refractivity (Wildman–Crippen MR) is 128 cm³/mol. The summed E-state index contributed by atoms with van der Waals surface area (Å²) in [5, 5.41) is 25.1. The van der Waals surface area contributed by atoms with E-state index in [-0.39, 0.29) is 35.4 Å². The molecule has 1 unspecified atom stereocenters. The quantitative estimate of drug-likeness (QED) is 0.101. The van der Waals surface area contributed by atoms with Crippen LogP contribution in [0.25, 0.3) is 0 Å². The van der Waals surface area contributed by atoms with E-state index in [1.807, 2.05) is 0 Å². The van der Waals surface area contributed by atoms with Crippen LogP contribution in [0.5, 0.6) is 0 Å². The van der Waals surface area contributed by atoms with E-state index < -0.39 is 29.2 Å². The van der Waals surface area contributed by atoms with Gasteiger partial charge < -0.3 is 26.7 Å². The fourth-order valence-electron chi connectivity index (χ4n) is 3.14. The summed E-state index contributed by atoms with van der Waals surface area (Å²) in [6.45, 7) is 0.270. The van der Waals surface area contributed by atoms with Crippen molar-refractivity contribution in [2.24, 2.45) is 10.9 Å². The number of rotatable bonds is 10. The minimum absolute atomic E-state index is 0.0660. The van der Waals surface area contributed by atoms with E-state index >= 15 is 0 Å². The number of anilines is 1. The van der Waals surface area contributed by atoms with Gasteiger partial charge >= 0.3 is 5.97 Å². The van der Waals surface area contributed by atoms with Gasteiger partial charge in [0.1, 0.15) is 34.9 Å². The van der Waals surface area contributed by atoms with E-state index in [1.165, 1.54) is 45.1 Å². The van der Waals surface area contributed by atoms with Crippen LogP contribution in [0.4, 0.5) is 5.13 Å². The number of hydrogen-bond acceptors (Lipinski definition) is 14. The number of carbonyl (C=O) groups is 3. The zero-order valence-corrected chi connectivity index (χ0v) is 20.5. The number of thioether (sulfide) groups is 2. The molecular weight excluding hydrogens is 525 g/mol. The molecule has 6 N–H and O–H groups in total. The van der Waals surface area contributed by atoms with Gasteiger partial charge in [-0.05, 0) is 5.57 Å². The molecule has 180 valence electrons. The molecule has 0 saturated carbocycles. The van der Waals surface area contributed by atoms with Crippen molar-refractivity contribution in [3.63, 3.8) is 0 Å². The molecule has 2 aliphatic heterocycles. The van der Waals surface area contributed by atoms with Crippen LogP contribution in [0.15, 0.2) is 31.7 Å². The molecule has 2 atom stereocenters. The third kappa shape index (κ3) is 5.02. The van der Waals surface area contributed by atoms with Crippen LogP contribution in [0.1, 0.15) is 5.69 Å². The number of thiazole rings is 1. The average molecular weight is 543 g/mol. The summed E-state index contributed by atoms with van der Waals surface area (Å²) in [4.78, 5) is 48.1. The minimum Gasteiger partial charge on any atom is -0.477 e. The Labute approximate surface area is 209 Å². The number of nitrogen functional groups attached to an aromatic ring is 1. The Balaban J connectivity index is 1.49. The predicted octanol–water partition coefficient (Wildman–Crippen LogP) is -0.213. The molecule has 2 aromatic heterocycles. The molecule has 4 heterocycles. The molecule has 0 bridgehead atoms. The van der Waals surface area contributed by atoms with Gasteiger partial charge in [-0.2, -0.15) is 0 Å². The largest absolute Gasteiger partial charge is 0.477 e. The Hall–Kier alpha value is -2.73.